The van der Waals surface area contributed by atoms with Crippen LogP contribution in [0.25, 0.3) is 21.2 Å². The van der Waals surface area contributed by atoms with Gasteiger partial charge < -0.3 is 10.6 Å². The molecule has 0 atom stereocenters. The summed E-state index contributed by atoms with van der Waals surface area (Å²) in [4.78, 5) is 19.1. The van der Waals surface area contributed by atoms with Crippen molar-refractivity contribution in [3.63, 3.8) is 0 Å². The van der Waals surface area contributed by atoms with E-state index in [1.165, 1.54) is 30.6 Å². The molecule has 1 aliphatic carbocycles. The molecule has 1 saturated heterocycles. The van der Waals surface area contributed by atoms with Gasteiger partial charge in [0.25, 0.3) is 5.91 Å². The number of hydrogen-bond donors (Lipinski definition) is 2. The van der Waals surface area contributed by atoms with Crippen LogP contribution in [-0.4, -0.2) is 45.4 Å². The van der Waals surface area contributed by atoms with Gasteiger partial charge in [-0.3, -0.25) is 9.00 Å². The average Bonchev–Trinajstić information content (AvgIpc) is 3.33. The van der Waals surface area contributed by atoms with Crippen LogP contribution in [0, 0.1) is 5.92 Å². The lowest BCUT2D eigenvalue weighted by molar-refractivity contribution is -0.125. The molecule has 0 radical (unpaired) electrons. The number of nitrogens with one attached hydrogen (secondary N) is 2. The first kappa shape index (κ1) is 28.2. The monoisotopic (exact) mass is 577 g/mol. The molecule has 2 N–H and O–H groups in total. The highest BCUT2D eigenvalue weighted by atomic mass is 32.2. The Kier molecular flexibility index (Phi) is 9.03. The third-order valence-electron chi connectivity index (χ3n) is 7.72. The van der Waals surface area contributed by atoms with Crippen molar-refractivity contribution in [1.82, 2.24) is 15.6 Å². The summed E-state index contributed by atoms with van der Waals surface area (Å²) in [6, 6.07) is 11.6. The smallest absolute Gasteiger partial charge is 0.347 e. The van der Waals surface area contributed by atoms with Gasteiger partial charge in [0.2, 0.25) is 0 Å². The summed E-state index contributed by atoms with van der Waals surface area (Å²) in [7, 11) is -0.796. The molecule has 1 aliphatic heterocycles. The molecule has 0 bridgehead atoms. The van der Waals surface area contributed by atoms with Crippen molar-refractivity contribution in [3.05, 3.63) is 52.7 Å². The highest BCUT2D eigenvalue weighted by molar-refractivity contribution is 7.85. The van der Waals surface area contributed by atoms with Crippen molar-refractivity contribution >= 4 is 38.8 Å². The van der Waals surface area contributed by atoms with Crippen LogP contribution in [0.15, 0.2) is 36.4 Å². The zero-order valence-corrected chi connectivity index (χ0v) is 23.5. The number of hydrogen-bond acceptors (Lipinski definition) is 5. The molecule has 1 saturated carbocycles. The number of carbonyl (C=O) groups is 1. The van der Waals surface area contributed by atoms with E-state index >= 15 is 0 Å². The molecule has 10 heteroatoms. The molecule has 5 nitrogen and oxygen atoms in total. The highest BCUT2D eigenvalue weighted by Gasteiger charge is 2.27. The van der Waals surface area contributed by atoms with Gasteiger partial charge in [0.05, 0.1) is 17.1 Å². The summed E-state index contributed by atoms with van der Waals surface area (Å²) in [6.45, 7) is -0.934. The van der Waals surface area contributed by atoms with Crippen molar-refractivity contribution in [2.75, 3.05) is 18.1 Å². The van der Waals surface area contributed by atoms with Gasteiger partial charge in [-0.15, -0.1) is 11.3 Å². The third kappa shape index (κ3) is 7.27. The number of halogens is 3. The second kappa shape index (κ2) is 12.5. The van der Waals surface area contributed by atoms with E-state index in [2.05, 4.69) is 10.6 Å². The van der Waals surface area contributed by atoms with Crippen LogP contribution in [0.2, 0.25) is 0 Å². The standard InChI is InChI=1S/C29H34F3N3O2S2/c30-29(31,32)18-33-17-20-10-11-24(23-9-5-4-8-22(20)23)26-25(16-19-6-2-1-3-7-19)35-28(38-26)27(36)34-21-12-14-39(37)15-13-21/h4-5,8-11,19,21,33H,1-3,6-7,12-18H2,(H,34,36). The lowest BCUT2D eigenvalue weighted by Gasteiger charge is -2.22. The Bertz CT molecular complexity index is 1330. The highest BCUT2D eigenvalue weighted by Crippen LogP contribution is 2.39. The third-order valence-corrected chi connectivity index (χ3v) is 10.2. The SMILES string of the molecule is O=C(NC1CCS(=O)CC1)c1nc(CC2CCCCC2)c(-c2ccc(CNCC(F)(F)F)c3ccccc23)s1. The molecule has 0 unspecified atom stereocenters. The maximum atomic E-state index is 13.3. The number of thiazole rings is 1. The van der Waals surface area contributed by atoms with Crippen LogP contribution >= 0.6 is 11.3 Å². The second-order valence-corrected chi connectivity index (χ2v) is 13.3. The number of rotatable bonds is 8. The Balaban J connectivity index is 1.46. The topological polar surface area (TPSA) is 71.1 Å². The molecule has 1 amide bonds. The number of amides is 1. The molecule has 1 aromatic heterocycles. The van der Waals surface area contributed by atoms with Crippen molar-refractivity contribution in [2.45, 2.75) is 70.1 Å². The van der Waals surface area contributed by atoms with Gasteiger partial charge in [0, 0.05) is 40.5 Å². The minimum Gasteiger partial charge on any atom is -0.347 e. The van der Waals surface area contributed by atoms with Gasteiger partial charge in [0.1, 0.15) is 0 Å². The van der Waals surface area contributed by atoms with Gasteiger partial charge >= 0.3 is 6.18 Å². The molecule has 5 rings (SSSR count). The van der Waals surface area contributed by atoms with Crippen molar-refractivity contribution in [1.29, 1.82) is 0 Å². The Labute approximate surface area is 233 Å². The molecular weight excluding hydrogens is 543 g/mol. The maximum Gasteiger partial charge on any atom is 0.401 e. The number of fused-ring (bicyclic) bond motifs is 1. The Morgan fingerprint density at radius 1 is 1.00 bits per heavy atom. The summed E-state index contributed by atoms with van der Waals surface area (Å²) < 4.78 is 49.9. The molecular formula is C29H34F3N3O2S2. The first-order valence-corrected chi connectivity index (χ1v) is 16.0. The number of carbonyl (C=O) groups excluding carboxylic acids is 1. The fraction of sp³-hybridized carbons (Fsp3) is 0.517. The molecule has 2 fully saturated rings. The van der Waals surface area contributed by atoms with E-state index in [1.54, 1.807) is 0 Å². The Morgan fingerprint density at radius 3 is 2.44 bits per heavy atom. The number of nitrogens with zero attached hydrogens (tertiary/aromatic N) is 1. The van der Waals surface area contributed by atoms with E-state index in [9.17, 15) is 22.2 Å². The van der Waals surface area contributed by atoms with E-state index in [0.717, 1.165) is 51.7 Å². The summed E-state index contributed by atoms with van der Waals surface area (Å²) in [5.74, 6) is 1.56. The molecule has 210 valence electrons. The second-order valence-electron chi connectivity index (χ2n) is 10.6. The van der Waals surface area contributed by atoms with Gasteiger partial charge in [-0.05, 0) is 41.5 Å². The fourth-order valence-corrected chi connectivity index (χ4v) is 8.03. The van der Waals surface area contributed by atoms with Crippen molar-refractivity contribution < 1.29 is 22.2 Å². The average molecular weight is 578 g/mol. The predicted molar refractivity (Wildman–Crippen MR) is 151 cm³/mol. The van der Waals surface area contributed by atoms with E-state index in [1.807, 2.05) is 36.4 Å². The Hall–Kier alpha value is -2.30. The molecule has 2 aliphatic rings. The summed E-state index contributed by atoms with van der Waals surface area (Å²) in [5, 5.41) is 7.89. The predicted octanol–water partition coefficient (Wildman–Crippen LogP) is 6.38. The fourth-order valence-electron chi connectivity index (χ4n) is 5.70. The minimum atomic E-state index is -4.27. The summed E-state index contributed by atoms with van der Waals surface area (Å²) >= 11 is 1.39. The van der Waals surface area contributed by atoms with Gasteiger partial charge in [-0.25, -0.2) is 4.98 Å². The zero-order valence-electron chi connectivity index (χ0n) is 21.8. The van der Waals surface area contributed by atoms with E-state index in [4.69, 9.17) is 4.98 Å². The molecule has 3 aromatic rings. The van der Waals surface area contributed by atoms with Crippen LogP contribution in [0.5, 0.6) is 0 Å². The minimum absolute atomic E-state index is 0.00802. The first-order chi connectivity index (χ1) is 18.8. The first-order valence-electron chi connectivity index (χ1n) is 13.7. The molecule has 2 aromatic carbocycles. The van der Waals surface area contributed by atoms with Crippen LogP contribution < -0.4 is 10.6 Å². The van der Waals surface area contributed by atoms with E-state index < -0.39 is 23.5 Å². The van der Waals surface area contributed by atoms with E-state index in [-0.39, 0.29) is 18.5 Å². The van der Waals surface area contributed by atoms with Gasteiger partial charge in [0.15, 0.2) is 5.01 Å². The normalized spacial score (nSPS) is 20.8. The Morgan fingerprint density at radius 2 is 1.72 bits per heavy atom. The lowest BCUT2D eigenvalue weighted by Crippen LogP contribution is -2.39. The number of alkyl halides is 3. The quantitative estimate of drug-likeness (QED) is 0.326. The summed E-state index contributed by atoms with van der Waals surface area (Å²) in [5.41, 5.74) is 2.68. The van der Waals surface area contributed by atoms with Crippen LogP contribution in [0.4, 0.5) is 13.2 Å². The van der Waals surface area contributed by atoms with Crippen LogP contribution in [0.3, 0.4) is 0 Å². The van der Waals surface area contributed by atoms with Crippen LogP contribution in [-0.2, 0) is 23.8 Å². The molecule has 0 spiro atoms. The number of aromatic nitrogens is 1. The van der Waals surface area contributed by atoms with Crippen molar-refractivity contribution in [2.24, 2.45) is 5.92 Å². The van der Waals surface area contributed by atoms with E-state index in [0.29, 0.717) is 35.3 Å². The molecule has 39 heavy (non-hydrogen) atoms. The molecule has 2 heterocycles. The van der Waals surface area contributed by atoms with Crippen LogP contribution in [0.1, 0.15) is 66.0 Å². The number of benzene rings is 2. The maximum absolute atomic E-state index is 13.3. The zero-order chi connectivity index (χ0) is 27.4. The van der Waals surface area contributed by atoms with Gasteiger partial charge in [-0.2, -0.15) is 13.2 Å². The largest absolute Gasteiger partial charge is 0.401 e. The summed E-state index contributed by atoms with van der Waals surface area (Å²) in [6.07, 6.45) is 3.95. The van der Waals surface area contributed by atoms with Crippen molar-refractivity contribution in [3.8, 4) is 10.4 Å². The lowest BCUT2D eigenvalue weighted by atomic mass is 9.85. The van der Waals surface area contributed by atoms with Gasteiger partial charge in [-0.1, -0.05) is 68.5 Å².